The van der Waals surface area contributed by atoms with Crippen molar-refractivity contribution in [1.82, 2.24) is 0 Å². The van der Waals surface area contributed by atoms with E-state index in [0.29, 0.717) is 15.9 Å². The lowest BCUT2D eigenvalue weighted by atomic mass is 9.93. The zero-order chi connectivity index (χ0) is 13.0. The molecule has 0 amide bonds. The first-order chi connectivity index (χ1) is 8.72. The Balaban J connectivity index is 2.24. The fraction of sp³-hybridized carbons (Fsp3) is 0.200. The van der Waals surface area contributed by atoms with Gasteiger partial charge in [0.05, 0.1) is 10.0 Å². The molecule has 0 nitrogen and oxygen atoms in total. The van der Waals surface area contributed by atoms with E-state index >= 15 is 0 Å². The van der Waals surface area contributed by atoms with Crippen LogP contribution in [0.3, 0.4) is 0 Å². The highest BCUT2D eigenvalue weighted by Gasteiger charge is 2.13. The van der Waals surface area contributed by atoms with Crippen LogP contribution in [0.15, 0.2) is 48.5 Å². The third kappa shape index (κ3) is 3.20. The van der Waals surface area contributed by atoms with Crippen LogP contribution < -0.4 is 0 Å². The van der Waals surface area contributed by atoms with Gasteiger partial charge in [0, 0.05) is 11.8 Å². The molecule has 0 aliphatic heterocycles. The Labute approximate surface area is 122 Å². The van der Waals surface area contributed by atoms with Crippen molar-refractivity contribution >= 4 is 34.8 Å². The predicted molar refractivity (Wildman–Crippen MR) is 80.1 cm³/mol. The quantitative estimate of drug-likeness (QED) is 0.648. The Morgan fingerprint density at radius 3 is 2.28 bits per heavy atom. The van der Waals surface area contributed by atoms with Gasteiger partial charge in [-0.3, -0.25) is 0 Å². The Kier molecular flexibility index (Phi) is 4.94. The molecule has 0 saturated carbocycles. The minimum atomic E-state index is 0.254. The summed E-state index contributed by atoms with van der Waals surface area (Å²) >= 11 is 18.3. The highest BCUT2D eigenvalue weighted by atomic mass is 35.5. The van der Waals surface area contributed by atoms with E-state index in [1.165, 1.54) is 5.56 Å². The summed E-state index contributed by atoms with van der Waals surface area (Å²) in [5.41, 5.74) is 2.27. The molecule has 1 unspecified atom stereocenters. The van der Waals surface area contributed by atoms with Gasteiger partial charge in [0.1, 0.15) is 0 Å². The van der Waals surface area contributed by atoms with Gasteiger partial charge in [-0.2, -0.15) is 0 Å². The number of halogens is 3. The number of alkyl halides is 1. The molecule has 0 heterocycles. The van der Waals surface area contributed by atoms with Crippen molar-refractivity contribution < 1.29 is 0 Å². The first-order valence-corrected chi connectivity index (χ1v) is 7.05. The molecule has 0 spiro atoms. The van der Waals surface area contributed by atoms with Gasteiger partial charge < -0.3 is 0 Å². The van der Waals surface area contributed by atoms with Crippen LogP contribution in [0.4, 0.5) is 0 Å². The highest BCUT2D eigenvalue weighted by molar-refractivity contribution is 6.42. The normalized spacial score (nSPS) is 12.4. The van der Waals surface area contributed by atoms with Gasteiger partial charge >= 0.3 is 0 Å². The van der Waals surface area contributed by atoms with E-state index in [4.69, 9.17) is 34.8 Å². The molecule has 0 aromatic heterocycles. The van der Waals surface area contributed by atoms with Gasteiger partial charge in [-0.25, -0.2) is 0 Å². The summed E-state index contributed by atoms with van der Waals surface area (Å²) < 4.78 is 0. The van der Waals surface area contributed by atoms with Gasteiger partial charge in [-0.15, -0.1) is 11.6 Å². The molecule has 0 saturated heterocycles. The fourth-order valence-electron chi connectivity index (χ4n) is 1.96. The van der Waals surface area contributed by atoms with E-state index in [0.717, 1.165) is 12.0 Å². The number of benzene rings is 2. The van der Waals surface area contributed by atoms with Gasteiger partial charge in [-0.1, -0.05) is 65.7 Å². The van der Waals surface area contributed by atoms with Crippen LogP contribution in [-0.4, -0.2) is 5.88 Å². The number of hydrogen-bond donors (Lipinski definition) is 0. The van der Waals surface area contributed by atoms with Crippen molar-refractivity contribution in [1.29, 1.82) is 0 Å². The molecule has 3 heteroatoms. The number of rotatable bonds is 4. The van der Waals surface area contributed by atoms with Crippen molar-refractivity contribution in [2.45, 2.75) is 12.3 Å². The Hall–Kier alpha value is -0.690. The Bertz CT molecular complexity index is 508. The van der Waals surface area contributed by atoms with Crippen LogP contribution in [0.5, 0.6) is 0 Å². The smallest absolute Gasteiger partial charge is 0.0624 e. The summed E-state index contributed by atoms with van der Waals surface area (Å²) in [4.78, 5) is 0. The van der Waals surface area contributed by atoms with Crippen molar-refractivity contribution in [3.63, 3.8) is 0 Å². The summed E-state index contributed by atoms with van der Waals surface area (Å²) in [7, 11) is 0. The van der Waals surface area contributed by atoms with Crippen LogP contribution in [0.25, 0.3) is 0 Å². The largest absolute Gasteiger partial charge is 0.126 e. The maximum atomic E-state index is 6.21. The van der Waals surface area contributed by atoms with E-state index in [1.807, 2.05) is 30.3 Å². The van der Waals surface area contributed by atoms with Crippen molar-refractivity contribution in [2.75, 3.05) is 5.88 Å². The lowest BCUT2D eigenvalue weighted by Crippen LogP contribution is -2.05. The molecule has 18 heavy (non-hydrogen) atoms. The first kappa shape index (κ1) is 13.7. The maximum absolute atomic E-state index is 6.21. The lowest BCUT2D eigenvalue weighted by molar-refractivity contribution is 0.766. The van der Waals surface area contributed by atoms with E-state index in [9.17, 15) is 0 Å². The second-order valence-electron chi connectivity index (χ2n) is 4.18. The first-order valence-electron chi connectivity index (χ1n) is 5.76. The second kappa shape index (κ2) is 6.47. The Morgan fingerprint density at radius 1 is 0.889 bits per heavy atom. The van der Waals surface area contributed by atoms with Crippen molar-refractivity contribution in [2.24, 2.45) is 0 Å². The molecule has 0 bridgehead atoms. The minimum absolute atomic E-state index is 0.254. The molecule has 0 aliphatic rings. The molecule has 2 aromatic rings. The molecule has 0 aliphatic carbocycles. The zero-order valence-corrected chi connectivity index (χ0v) is 12.0. The van der Waals surface area contributed by atoms with Crippen LogP contribution in [0.1, 0.15) is 17.0 Å². The molecular formula is C15H13Cl3. The van der Waals surface area contributed by atoms with Crippen LogP contribution in [0.2, 0.25) is 10.0 Å². The van der Waals surface area contributed by atoms with Crippen LogP contribution in [0, 0.1) is 0 Å². The zero-order valence-electron chi connectivity index (χ0n) is 9.74. The Morgan fingerprint density at radius 2 is 1.61 bits per heavy atom. The molecule has 94 valence electrons. The lowest BCUT2D eigenvalue weighted by Gasteiger charge is -2.15. The predicted octanol–water partition coefficient (Wildman–Crippen LogP) is 5.56. The topological polar surface area (TPSA) is 0 Å². The van der Waals surface area contributed by atoms with Gasteiger partial charge in [-0.05, 0) is 23.6 Å². The van der Waals surface area contributed by atoms with Crippen LogP contribution in [-0.2, 0) is 6.42 Å². The third-order valence-electron chi connectivity index (χ3n) is 2.96. The average Bonchev–Trinajstić information content (AvgIpc) is 2.41. The molecular weight excluding hydrogens is 287 g/mol. The highest BCUT2D eigenvalue weighted by Crippen LogP contribution is 2.30. The van der Waals surface area contributed by atoms with E-state index in [1.54, 1.807) is 6.07 Å². The SMILES string of the molecule is ClCC(Cc1cccc(Cl)c1Cl)c1ccccc1. The standard InChI is InChI=1S/C15H13Cl3/c16-10-13(11-5-2-1-3-6-11)9-12-7-4-8-14(17)15(12)18/h1-8,13H,9-10H2. The minimum Gasteiger partial charge on any atom is -0.126 e. The average molecular weight is 300 g/mol. The summed E-state index contributed by atoms with van der Waals surface area (Å²) in [6.45, 7) is 0. The van der Waals surface area contributed by atoms with E-state index in [2.05, 4.69) is 12.1 Å². The maximum Gasteiger partial charge on any atom is 0.0624 e. The number of hydrogen-bond acceptors (Lipinski definition) is 0. The fourth-order valence-corrected chi connectivity index (χ4v) is 2.64. The van der Waals surface area contributed by atoms with Crippen molar-refractivity contribution in [3.8, 4) is 0 Å². The molecule has 2 rings (SSSR count). The second-order valence-corrected chi connectivity index (χ2v) is 5.27. The van der Waals surface area contributed by atoms with Gasteiger partial charge in [0.15, 0.2) is 0 Å². The van der Waals surface area contributed by atoms with Crippen molar-refractivity contribution in [3.05, 3.63) is 69.7 Å². The molecule has 1 atom stereocenters. The summed E-state index contributed by atoms with van der Waals surface area (Å²) in [5.74, 6) is 0.816. The van der Waals surface area contributed by atoms with E-state index < -0.39 is 0 Å². The summed E-state index contributed by atoms with van der Waals surface area (Å²) in [6, 6.07) is 15.9. The summed E-state index contributed by atoms with van der Waals surface area (Å²) in [6.07, 6.45) is 0.799. The van der Waals surface area contributed by atoms with Gasteiger partial charge in [0.25, 0.3) is 0 Å². The molecule has 0 fully saturated rings. The molecule has 2 aromatic carbocycles. The third-order valence-corrected chi connectivity index (χ3v) is 4.19. The van der Waals surface area contributed by atoms with Crippen LogP contribution >= 0.6 is 34.8 Å². The van der Waals surface area contributed by atoms with Gasteiger partial charge in [0.2, 0.25) is 0 Å². The molecule has 0 N–H and O–H groups in total. The van der Waals surface area contributed by atoms with E-state index in [-0.39, 0.29) is 5.92 Å². The molecule has 0 radical (unpaired) electrons. The summed E-state index contributed by atoms with van der Waals surface area (Å²) in [5, 5.41) is 1.22. The monoisotopic (exact) mass is 298 g/mol.